The maximum Gasteiger partial charge on any atom is 0.315 e. The first-order valence-corrected chi connectivity index (χ1v) is 3.42. The van der Waals surface area contributed by atoms with E-state index >= 15 is 0 Å². The number of carbonyl (C=O) groups is 1. The second-order valence-corrected chi connectivity index (χ2v) is 2.81. The minimum absolute atomic E-state index is 0.0499. The topological polar surface area (TPSA) is 99.7 Å². The number of nitrogens with zero attached hydrogens (tertiary/aromatic N) is 1. The zero-order valence-electron chi connectivity index (χ0n) is 7.38. The normalized spacial score (nSPS) is 12.4. The molecule has 0 aromatic heterocycles. The molecular formula is C6H14N4O2. The summed E-state index contributed by atoms with van der Waals surface area (Å²) in [4.78, 5) is 10.8. The molecule has 0 unspecified atom stereocenters. The van der Waals surface area contributed by atoms with Crippen molar-refractivity contribution in [3.63, 3.8) is 0 Å². The fraction of sp³-hybridized carbons (Fsp3) is 0.667. The van der Waals surface area contributed by atoms with Crippen LogP contribution >= 0.6 is 0 Å². The number of urea groups is 1. The molecular weight excluding hydrogens is 160 g/mol. The van der Waals surface area contributed by atoms with E-state index in [-0.39, 0.29) is 11.9 Å². The van der Waals surface area contributed by atoms with Crippen LogP contribution in [0.2, 0.25) is 0 Å². The van der Waals surface area contributed by atoms with Crippen molar-refractivity contribution in [3.05, 3.63) is 0 Å². The van der Waals surface area contributed by atoms with Crippen molar-refractivity contribution in [3.8, 4) is 0 Å². The van der Waals surface area contributed by atoms with Crippen LogP contribution in [0.25, 0.3) is 0 Å². The first-order chi connectivity index (χ1) is 5.44. The number of oxime groups is 1. The second-order valence-electron chi connectivity index (χ2n) is 2.81. The molecule has 0 saturated carbocycles. The van der Waals surface area contributed by atoms with Crippen LogP contribution in [-0.4, -0.2) is 29.7 Å². The maximum absolute atomic E-state index is 10.8. The fourth-order valence-corrected chi connectivity index (χ4v) is 0.535. The molecule has 6 heteroatoms. The molecule has 0 radical (unpaired) electrons. The van der Waals surface area contributed by atoms with Crippen LogP contribution in [-0.2, 0) is 0 Å². The first-order valence-electron chi connectivity index (χ1n) is 3.42. The molecule has 0 heterocycles. The van der Waals surface area contributed by atoms with E-state index in [1.165, 1.54) is 7.05 Å². The standard InChI is InChI=1S/C6H14N4O2/c1-6(2,4(7)10-12)9-5(11)8-3/h12H,1-3H3,(H2,7,10)(H2,8,9,11). The van der Waals surface area contributed by atoms with Crippen molar-refractivity contribution in [2.24, 2.45) is 10.9 Å². The SMILES string of the molecule is CNC(=O)NC(C)(C)C(N)=NO. The third-order valence-electron chi connectivity index (χ3n) is 1.40. The zero-order valence-corrected chi connectivity index (χ0v) is 7.38. The van der Waals surface area contributed by atoms with Crippen molar-refractivity contribution < 1.29 is 10.0 Å². The highest BCUT2D eigenvalue weighted by atomic mass is 16.4. The molecule has 0 bridgehead atoms. The third-order valence-corrected chi connectivity index (χ3v) is 1.40. The van der Waals surface area contributed by atoms with Gasteiger partial charge in [0, 0.05) is 7.05 Å². The van der Waals surface area contributed by atoms with Crippen molar-refractivity contribution in [2.75, 3.05) is 7.05 Å². The predicted molar refractivity (Wildman–Crippen MR) is 45.1 cm³/mol. The highest BCUT2D eigenvalue weighted by Crippen LogP contribution is 2.00. The molecule has 0 rings (SSSR count). The van der Waals surface area contributed by atoms with Crippen LogP contribution in [0.1, 0.15) is 13.8 Å². The van der Waals surface area contributed by atoms with Crippen LogP contribution in [0.15, 0.2) is 5.16 Å². The van der Waals surface area contributed by atoms with Gasteiger partial charge in [-0.1, -0.05) is 5.16 Å². The average Bonchev–Trinajstić information content (AvgIpc) is 2.02. The molecule has 0 aromatic rings. The third kappa shape index (κ3) is 2.65. The van der Waals surface area contributed by atoms with E-state index in [1.54, 1.807) is 13.8 Å². The summed E-state index contributed by atoms with van der Waals surface area (Å²) in [6.07, 6.45) is 0. The molecule has 0 atom stereocenters. The molecule has 0 spiro atoms. The molecule has 0 saturated heterocycles. The number of rotatable bonds is 2. The van der Waals surface area contributed by atoms with E-state index in [0.717, 1.165) is 0 Å². The summed E-state index contributed by atoms with van der Waals surface area (Å²) >= 11 is 0. The highest BCUT2D eigenvalue weighted by Gasteiger charge is 2.24. The van der Waals surface area contributed by atoms with E-state index in [2.05, 4.69) is 15.8 Å². The molecule has 12 heavy (non-hydrogen) atoms. The molecule has 0 aliphatic heterocycles. The van der Waals surface area contributed by atoms with Gasteiger partial charge in [0.25, 0.3) is 0 Å². The van der Waals surface area contributed by atoms with E-state index in [4.69, 9.17) is 10.9 Å². The number of nitrogens with one attached hydrogen (secondary N) is 2. The van der Waals surface area contributed by atoms with Crippen LogP contribution in [0.5, 0.6) is 0 Å². The van der Waals surface area contributed by atoms with Gasteiger partial charge in [-0.05, 0) is 13.8 Å². The summed E-state index contributed by atoms with van der Waals surface area (Å²) in [5.41, 5.74) is 4.46. The van der Waals surface area contributed by atoms with Crippen LogP contribution < -0.4 is 16.4 Å². The molecule has 70 valence electrons. The average molecular weight is 174 g/mol. The molecule has 0 fully saturated rings. The second kappa shape index (κ2) is 3.80. The number of hydrogen-bond acceptors (Lipinski definition) is 3. The van der Waals surface area contributed by atoms with Gasteiger partial charge < -0.3 is 21.6 Å². The minimum Gasteiger partial charge on any atom is -0.409 e. The quantitative estimate of drug-likeness (QED) is 0.195. The van der Waals surface area contributed by atoms with Gasteiger partial charge in [0.1, 0.15) is 0 Å². The van der Waals surface area contributed by atoms with E-state index in [1.807, 2.05) is 0 Å². The van der Waals surface area contributed by atoms with Gasteiger partial charge in [0.15, 0.2) is 5.84 Å². The number of amidine groups is 1. The lowest BCUT2D eigenvalue weighted by atomic mass is 10.1. The molecule has 6 nitrogen and oxygen atoms in total. The molecule has 0 aliphatic rings. The zero-order chi connectivity index (χ0) is 9.78. The Balaban J connectivity index is 4.32. The Morgan fingerprint density at radius 2 is 2.08 bits per heavy atom. The lowest BCUT2D eigenvalue weighted by Gasteiger charge is -2.23. The molecule has 0 aromatic carbocycles. The van der Waals surface area contributed by atoms with Crippen LogP contribution in [0.3, 0.4) is 0 Å². The number of nitrogens with two attached hydrogens (primary N) is 1. The number of carbonyl (C=O) groups excluding carboxylic acids is 1. The summed E-state index contributed by atoms with van der Waals surface area (Å²) in [6, 6.07) is -0.383. The van der Waals surface area contributed by atoms with Crippen molar-refractivity contribution in [2.45, 2.75) is 19.4 Å². The lowest BCUT2D eigenvalue weighted by Crippen LogP contribution is -2.55. The molecule has 2 amide bonds. The minimum atomic E-state index is -0.852. The highest BCUT2D eigenvalue weighted by molar-refractivity contribution is 5.92. The van der Waals surface area contributed by atoms with Crippen molar-refractivity contribution in [1.29, 1.82) is 0 Å². The van der Waals surface area contributed by atoms with Gasteiger partial charge in [-0.15, -0.1) is 0 Å². The number of amides is 2. The van der Waals surface area contributed by atoms with Gasteiger partial charge in [-0.25, -0.2) is 4.79 Å². The van der Waals surface area contributed by atoms with Crippen molar-refractivity contribution >= 4 is 11.9 Å². The summed E-state index contributed by atoms with van der Waals surface area (Å²) in [5, 5.41) is 16.0. The van der Waals surface area contributed by atoms with Gasteiger partial charge in [0.2, 0.25) is 0 Å². The lowest BCUT2D eigenvalue weighted by molar-refractivity contribution is 0.237. The Hall–Kier alpha value is -1.46. The van der Waals surface area contributed by atoms with Gasteiger partial charge >= 0.3 is 6.03 Å². The summed E-state index contributed by atoms with van der Waals surface area (Å²) in [5.74, 6) is -0.0499. The van der Waals surface area contributed by atoms with E-state index in [9.17, 15) is 4.79 Å². The molecule has 0 aliphatic carbocycles. The monoisotopic (exact) mass is 174 g/mol. The first kappa shape index (κ1) is 10.5. The molecule has 5 N–H and O–H groups in total. The fourth-order valence-electron chi connectivity index (χ4n) is 0.535. The maximum atomic E-state index is 10.8. The largest absolute Gasteiger partial charge is 0.409 e. The Morgan fingerprint density at radius 3 is 2.42 bits per heavy atom. The van der Waals surface area contributed by atoms with Crippen molar-refractivity contribution in [1.82, 2.24) is 10.6 Å². The Kier molecular flexibility index (Phi) is 3.33. The van der Waals surface area contributed by atoms with Crippen LogP contribution in [0, 0.1) is 0 Å². The summed E-state index contributed by atoms with van der Waals surface area (Å²) < 4.78 is 0. The summed E-state index contributed by atoms with van der Waals surface area (Å²) in [7, 11) is 1.48. The van der Waals surface area contributed by atoms with Gasteiger partial charge in [0.05, 0.1) is 5.54 Å². The smallest absolute Gasteiger partial charge is 0.315 e. The van der Waals surface area contributed by atoms with Crippen LogP contribution in [0.4, 0.5) is 4.79 Å². The van der Waals surface area contributed by atoms with Gasteiger partial charge in [-0.3, -0.25) is 0 Å². The Bertz CT molecular complexity index is 200. The Labute approximate surface area is 70.8 Å². The predicted octanol–water partition coefficient (Wildman–Crippen LogP) is -0.560. The van der Waals surface area contributed by atoms with E-state index < -0.39 is 5.54 Å². The number of hydrogen-bond donors (Lipinski definition) is 4. The van der Waals surface area contributed by atoms with Gasteiger partial charge in [-0.2, -0.15) is 0 Å². The Morgan fingerprint density at radius 1 is 1.58 bits per heavy atom. The van der Waals surface area contributed by atoms with E-state index in [0.29, 0.717) is 0 Å². The summed E-state index contributed by atoms with van der Waals surface area (Å²) in [6.45, 7) is 3.24.